The molecule has 0 heterocycles. The Bertz CT molecular complexity index is 673. The Morgan fingerprint density at radius 3 is 2.45 bits per heavy atom. The third-order valence-electron chi connectivity index (χ3n) is 11.1. The van der Waals surface area contributed by atoms with Crippen LogP contribution in [0.4, 0.5) is 0 Å². The van der Waals surface area contributed by atoms with Gasteiger partial charge in [-0.3, -0.25) is 4.79 Å². The molecule has 0 aromatic heterocycles. The molecule has 0 aromatic rings. The van der Waals surface area contributed by atoms with E-state index in [2.05, 4.69) is 34.6 Å². The highest BCUT2D eigenvalue weighted by atomic mass is 16.5. The van der Waals surface area contributed by atoms with E-state index in [1.54, 1.807) is 7.11 Å². The van der Waals surface area contributed by atoms with Crippen LogP contribution in [0.2, 0.25) is 0 Å². The van der Waals surface area contributed by atoms with Gasteiger partial charge in [-0.2, -0.15) is 0 Å². The average molecular weight is 433 g/mol. The Labute approximate surface area is 191 Å². The summed E-state index contributed by atoms with van der Waals surface area (Å²) in [6.45, 7) is 12.0. The molecular formula is C28H48O3. The van der Waals surface area contributed by atoms with Crippen molar-refractivity contribution in [2.75, 3.05) is 7.11 Å². The van der Waals surface area contributed by atoms with Crippen molar-refractivity contribution in [2.24, 2.45) is 46.3 Å². The van der Waals surface area contributed by atoms with Gasteiger partial charge in [-0.05, 0) is 79.4 Å². The van der Waals surface area contributed by atoms with Crippen LogP contribution in [0.3, 0.4) is 0 Å². The van der Waals surface area contributed by atoms with Gasteiger partial charge in [-0.25, -0.2) is 0 Å². The van der Waals surface area contributed by atoms with Gasteiger partial charge in [0.15, 0.2) is 5.78 Å². The first kappa shape index (κ1) is 23.7. The first-order chi connectivity index (χ1) is 14.6. The highest BCUT2D eigenvalue weighted by Crippen LogP contribution is 2.68. The lowest BCUT2D eigenvalue weighted by Gasteiger charge is -2.63. The lowest BCUT2D eigenvalue weighted by molar-refractivity contribution is -0.215. The number of hydrogen-bond acceptors (Lipinski definition) is 3. The quantitative estimate of drug-likeness (QED) is 0.527. The SMILES string of the molecule is CO[C@@H]1CC[C@]2(C)[C@H]3CC[C@@]4(C)[C@H](CC[C@@H]4[C@H](C)CCCC(C)C)[C@H]3CC(=O)[C@@]2(O)C1. The van der Waals surface area contributed by atoms with E-state index in [1.165, 1.54) is 44.9 Å². The molecule has 4 aliphatic carbocycles. The van der Waals surface area contributed by atoms with E-state index in [4.69, 9.17) is 4.74 Å². The number of rotatable bonds is 6. The first-order valence-corrected chi connectivity index (χ1v) is 13.3. The minimum absolute atomic E-state index is 0.0231. The molecule has 4 rings (SSSR count). The van der Waals surface area contributed by atoms with E-state index in [-0.39, 0.29) is 17.3 Å². The van der Waals surface area contributed by atoms with E-state index in [9.17, 15) is 9.90 Å². The van der Waals surface area contributed by atoms with Gasteiger partial charge in [0.05, 0.1) is 6.10 Å². The summed E-state index contributed by atoms with van der Waals surface area (Å²) in [6.07, 6.45) is 12.2. The van der Waals surface area contributed by atoms with Crippen LogP contribution in [-0.4, -0.2) is 29.7 Å². The van der Waals surface area contributed by atoms with Gasteiger partial charge in [-0.1, -0.05) is 53.9 Å². The van der Waals surface area contributed by atoms with Gasteiger partial charge in [0.2, 0.25) is 0 Å². The first-order valence-electron chi connectivity index (χ1n) is 13.3. The second kappa shape index (κ2) is 8.42. The van der Waals surface area contributed by atoms with Crippen molar-refractivity contribution < 1.29 is 14.6 Å². The van der Waals surface area contributed by atoms with Crippen LogP contribution in [0.1, 0.15) is 105 Å². The monoisotopic (exact) mass is 432 g/mol. The summed E-state index contributed by atoms with van der Waals surface area (Å²) in [7, 11) is 1.72. The molecule has 3 heteroatoms. The summed E-state index contributed by atoms with van der Waals surface area (Å²) in [4.78, 5) is 13.5. The molecule has 0 aromatic carbocycles. The number of methoxy groups -OCH3 is 1. The van der Waals surface area contributed by atoms with Gasteiger partial charge in [0, 0.05) is 25.4 Å². The Balaban J connectivity index is 1.53. The smallest absolute Gasteiger partial charge is 0.165 e. The minimum atomic E-state index is -1.18. The van der Waals surface area contributed by atoms with Crippen LogP contribution in [0, 0.1) is 46.3 Å². The predicted octanol–water partition coefficient (Wildman–Crippen LogP) is 6.42. The van der Waals surface area contributed by atoms with Gasteiger partial charge >= 0.3 is 0 Å². The molecule has 178 valence electrons. The highest BCUT2D eigenvalue weighted by molar-refractivity contribution is 5.89. The van der Waals surface area contributed by atoms with Crippen LogP contribution in [-0.2, 0) is 9.53 Å². The highest BCUT2D eigenvalue weighted by Gasteiger charge is 2.67. The lowest BCUT2D eigenvalue weighted by atomic mass is 9.42. The number of fused-ring (bicyclic) bond motifs is 5. The van der Waals surface area contributed by atoms with Crippen LogP contribution in [0.15, 0.2) is 0 Å². The molecule has 4 aliphatic rings. The average Bonchev–Trinajstić information content (AvgIpc) is 3.06. The van der Waals surface area contributed by atoms with E-state index in [0.717, 1.165) is 30.6 Å². The van der Waals surface area contributed by atoms with Crippen molar-refractivity contribution in [3.63, 3.8) is 0 Å². The summed E-state index contributed by atoms with van der Waals surface area (Å²) in [6, 6.07) is 0. The predicted molar refractivity (Wildman–Crippen MR) is 126 cm³/mol. The number of ether oxygens (including phenoxy) is 1. The van der Waals surface area contributed by atoms with E-state index >= 15 is 0 Å². The minimum Gasteiger partial charge on any atom is -0.381 e. The number of carbonyl (C=O) groups is 1. The summed E-state index contributed by atoms with van der Waals surface area (Å²) < 4.78 is 5.60. The second-order valence-electron chi connectivity index (χ2n) is 12.9. The van der Waals surface area contributed by atoms with E-state index < -0.39 is 5.60 Å². The normalized spacial score (nSPS) is 48.3. The van der Waals surface area contributed by atoms with Crippen LogP contribution >= 0.6 is 0 Å². The zero-order valence-corrected chi connectivity index (χ0v) is 21.1. The molecule has 0 amide bonds. The third-order valence-corrected chi connectivity index (χ3v) is 11.1. The van der Waals surface area contributed by atoms with Crippen molar-refractivity contribution in [2.45, 2.75) is 117 Å². The number of hydrogen-bond donors (Lipinski definition) is 1. The van der Waals surface area contributed by atoms with Crippen molar-refractivity contribution in [3.8, 4) is 0 Å². The van der Waals surface area contributed by atoms with Crippen molar-refractivity contribution in [1.29, 1.82) is 0 Å². The zero-order valence-electron chi connectivity index (χ0n) is 21.1. The van der Waals surface area contributed by atoms with Crippen molar-refractivity contribution >= 4 is 5.78 Å². The standard InChI is InChI=1S/C28H48O3/c1-18(2)8-7-9-19(3)22-10-11-23-21-16-25(29)28(30)17-20(31-6)12-15-27(28,5)24(21)13-14-26(22,23)4/h18-24,30H,7-17H2,1-6H3/t19-,20-,21-,22-,23-,24+,26-,27-,28+/m1/s1. The summed E-state index contributed by atoms with van der Waals surface area (Å²) in [5.41, 5.74) is -1.07. The fraction of sp³-hybridized carbons (Fsp3) is 0.964. The Morgan fingerprint density at radius 2 is 1.77 bits per heavy atom. The Morgan fingerprint density at radius 1 is 1.03 bits per heavy atom. The zero-order chi connectivity index (χ0) is 22.6. The Hall–Kier alpha value is -0.410. The molecule has 0 radical (unpaired) electrons. The van der Waals surface area contributed by atoms with Crippen LogP contribution in [0.5, 0.6) is 0 Å². The maximum absolute atomic E-state index is 13.5. The molecule has 0 saturated heterocycles. The van der Waals surface area contributed by atoms with Crippen LogP contribution < -0.4 is 0 Å². The molecule has 1 N–H and O–H groups in total. The fourth-order valence-electron chi connectivity index (χ4n) is 9.23. The second-order valence-corrected chi connectivity index (χ2v) is 12.9. The molecule has 31 heavy (non-hydrogen) atoms. The molecule has 0 aliphatic heterocycles. The summed E-state index contributed by atoms with van der Waals surface area (Å²) in [5.74, 6) is 4.14. The van der Waals surface area contributed by atoms with Gasteiger partial charge < -0.3 is 9.84 Å². The molecule has 3 nitrogen and oxygen atoms in total. The van der Waals surface area contributed by atoms with Gasteiger partial charge in [-0.15, -0.1) is 0 Å². The maximum Gasteiger partial charge on any atom is 0.165 e. The molecule has 0 bridgehead atoms. The van der Waals surface area contributed by atoms with Crippen molar-refractivity contribution in [1.82, 2.24) is 0 Å². The van der Waals surface area contributed by atoms with E-state index in [0.29, 0.717) is 36.0 Å². The molecule has 4 fully saturated rings. The number of ketones is 1. The summed E-state index contributed by atoms with van der Waals surface area (Å²) >= 11 is 0. The fourth-order valence-corrected chi connectivity index (χ4v) is 9.23. The number of carbonyl (C=O) groups excluding carboxylic acids is 1. The topological polar surface area (TPSA) is 46.5 Å². The number of Topliss-reactive ketones (excluding diaryl/α,β-unsaturated/α-hetero) is 1. The molecule has 0 spiro atoms. The molecule has 0 unspecified atom stereocenters. The van der Waals surface area contributed by atoms with Crippen molar-refractivity contribution in [3.05, 3.63) is 0 Å². The van der Waals surface area contributed by atoms with E-state index in [1.807, 2.05) is 0 Å². The third kappa shape index (κ3) is 3.65. The van der Waals surface area contributed by atoms with Crippen LogP contribution in [0.25, 0.3) is 0 Å². The maximum atomic E-state index is 13.5. The molecule has 9 atom stereocenters. The van der Waals surface area contributed by atoms with Gasteiger partial charge in [0.1, 0.15) is 5.60 Å². The molecule has 4 saturated carbocycles. The van der Waals surface area contributed by atoms with Gasteiger partial charge in [0.25, 0.3) is 0 Å². The number of aliphatic hydroxyl groups is 1. The Kier molecular flexibility index (Phi) is 6.45. The molecular weight excluding hydrogens is 384 g/mol. The lowest BCUT2D eigenvalue weighted by Crippen LogP contribution is -2.67. The summed E-state index contributed by atoms with van der Waals surface area (Å²) in [5, 5.41) is 11.7. The largest absolute Gasteiger partial charge is 0.381 e.